The Morgan fingerprint density at radius 3 is 2.37 bits per heavy atom. The number of carbonyl (C=O) groups is 2. The van der Waals surface area contributed by atoms with Gasteiger partial charge in [0.05, 0.1) is 31.2 Å². The van der Waals surface area contributed by atoms with Crippen LogP contribution in [0.2, 0.25) is 0 Å². The van der Waals surface area contributed by atoms with Crippen molar-refractivity contribution in [2.75, 3.05) is 12.1 Å². The molecule has 0 bridgehead atoms. The summed E-state index contributed by atoms with van der Waals surface area (Å²) in [6.45, 7) is 10.5. The van der Waals surface area contributed by atoms with Gasteiger partial charge in [0.2, 0.25) is 0 Å². The fraction of sp³-hybridized carbons (Fsp3) is 0.708. The Balaban J connectivity index is 1.79. The molecule has 1 aliphatic carbocycles. The lowest BCUT2D eigenvalue weighted by atomic mass is 10.00. The van der Waals surface area contributed by atoms with Gasteiger partial charge in [-0.1, -0.05) is 12.8 Å². The maximum Gasteiger partial charge on any atom is 0.335 e. The first-order valence-corrected chi connectivity index (χ1v) is 14.7. The van der Waals surface area contributed by atoms with Crippen molar-refractivity contribution in [3.63, 3.8) is 0 Å². The van der Waals surface area contributed by atoms with Gasteiger partial charge in [-0.15, -0.1) is 0 Å². The van der Waals surface area contributed by atoms with Crippen LogP contribution in [0.3, 0.4) is 0 Å². The molecule has 3 atom stereocenters. The van der Waals surface area contributed by atoms with Crippen molar-refractivity contribution in [1.82, 2.24) is 24.6 Å². The van der Waals surface area contributed by atoms with E-state index in [1.54, 1.807) is 45.5 Å². The van der Waals surface area contributed by atoms with Crippen LogP contribution in [0, 0.1) is 0 Å². The second-order valence-corrected chi connectivity index (χ2v) is 12.2. The molecule has 1 saturated carbocycles. The van der Waals surface area contributed by atoms with E-state index >= 15 is 0 Å². The van der Waals surface area contributed by atoms with Gasteiger partial charge in [0.25, 0.3) is 7.52 Å². The molecule has 0 amide bonds. The van der Waals surface area contributed by atoms with Crippen LogP contribution in [0.5, 0.6) is 0 Å². The van der Waals surface area contributed by atoms with Gasteiger partial charge in [-0.3, -0.25) is 9.36 Å². The number of fused-ring (bicyclic) bond motifs is 1. The molecule has 3 rings (SSSR count). The predicted molar refractivity (Wildman–Crippen MR) is 140 cm³/mol. The number of ether oxygens (including phenoxy) is 3. The monoisotopic (exact) mass is 554 g/mol. The molecule has 0 spiro atoms. The Kier molecular flexibility index (Phi) is 9.85. The third-order valence-corrected chi connectivity index (χ3v) is 7.91. The third kappa shape index (κ3) is 7.49. The highest BCUT2D eigenvalue weighted by Crippen LogP contribution is 2.49. The number of carbonyl (C=O) groups excluding carboxylic acids is 2. The van der Waals surface area contributed by atoms with Crippen LogP contribution in [0.4, 0.5) is 5.82 Å². The van der Waals surface area contributed by atoms with Crippen molar-refractivity contribution in [2.24, 2.45) is 0 Å². The van der Waals surface area contributed by atoms with Crippen LogP contribution in [-0.4, -0.2) is 67.8 Å². The summed E-state index contributed by atoms with van der Waals surface area (Å²) in [5.74, 6) is -0.897. The fourth-order valence-electron chi connectivity index (χ4n) is 4.30. The standard InChI is InChI=1S/C24H39N6O7P/c1-15(2)35-22(31)18(6)37-38(33,29-24(9-7-8-10-24)23(32)36-16(3)4)14-34-17(5)11-30-13-28-19-20(25)26-12-27-21(19)30/h12-13,15-18H,7-11,14H2,1-6H3,(H,29,33)(H2,25,26,27)/t17-,18+,38+/m1/s1. The van der Waals surface area contributed by atoms with E-state index in [1.165, 1.54) is 13.3 Å². The molecule has 2 aromatic rings. The first-order valence-electron chi connectivity index (χ1n) is 12.9. The lowest BCUT2D eigenvalue weighted by Crippen LogP contribution is -2.51. The van der Waals surface area contributed by atoms with E-state index in [-0.39, 0.29) is 18.0 Å². The Hall–Kier alpha value is -2.60. The number of esters is 2. The van der Waals surface area contributed by atoms with Crippen molar-refractivity contribution >= 4 is 36.4 Å². The van der Waals surface area contributed by atoms with Gasteiger partial charge in [-0.05, 0) is 54.4 Å². The van der Waals surface area contributed by atoms with Gasteiger partial charge in [0.15, 0.2) is 17.6 Å². The summed E-state index contributed by atoms with van der Waals surface area (Å²) >= 11 is 0. The van der Waals surface area contributed by atoms with Crippen molar-refractivity contribution in [2.45, 2.75) is 104 Å². The van der Waals surface area contributed by atoms with Gasteiger partial charge >= 0.3 is 11.9 Å². The van der Waals surface area contributed by atoms with Gasteiger partial charge in [-0.2, -0.15) is 0 Å². The number of anilines is 1. The van der Waals surface area contributed by atoms with Crippen LogP contribution >= 0.6 is 7.52 Å². The topological polar surface area (TPSA) is 170 Å². The lowest BCUT2D eigenvalue weighted by molar-refractivity contribution is -0.155. The maximum atomic E-state index is 14.2. The van der Waals surface area contributed by atoms with Crippen LogP contribution in [0.15, 0.2) is 12.7 Å². The number of imidazole rings is 1. The zero-order valence-corrected chi connectivity index (χ0v) is 23.8. The average molecular weight is 555 g/mol. The minimum Gasteiger partial charge on any atom is -0.462 e. The third-order valence-electron chi connectivity index (χ3n) is 6.00. The Morgan fingerprint density at radius 1 is 1.08 bits per heavy atom. The Bertz CT molecular complexity index is 1160. The second kappa shape index (κ2) is 12.5. The zero-order chi connectivity index (χ0) is 28.1. The molecule has 13 nitrogen and oxygen atoms in total. The van der Waals surface area contributed by atoms with Gasteiger partial charge < -0.3 is 29.0 Å². The summed E-state index contributed by atoms with van der Waals surface area (Å²) in [6.07, 6.45) is 2.53. The molecule has 0 saturated heterocycles. The van der Waals surface area contributed by atoms with Crippen LogP contribution in [0.25, 0.3) is 11.2 Å². The molecular formula is C24H39N6O7P. The summed E-state index contributed by atoms with van der Waals surface area (Å²) in [7, 11) is -3.93. The quantitative estimate of drug-likeness (QED) is 0.274. The molecule has 0 aromatic carbocycles. The Morgan fingerprint density at radius 2 is 1.74 bits per heavy atom. The number of nitrogens with zero attached hydrogens (tertiary/aromatic N) is 4. The normalized spacial score (nSPS) is 18.4. The summed E-state index contributed by atoms with van der Waals surface area (Å²) in [6, 6.07) is 0. The molecule has 0 aliphatic heterocycles. The van der Waals surface area contributed by atoms with E-state index in [4.69, 9.17) is 24.5 Å². The van der Waals surface area contributed by atoms with E-state index < -0.39 is 43.6 Å². The number of hydrogen-bond acceptors (Lipinski definition) is 11. The molecule has 0 unspecified atom stereocenters. The van der Waals surface area contributed by atoms with Gasteiger partial charge in [0, 0.05) is 0 Å². The minimum atomic E-state index is -3.93. The zero-order valence-electron chi connectivity index (χ0n) is 22.9. The fourth-order valence-corrected chi connectivity index (χ4v) is 6.49. The van der Waals surface area contributed by atoms with Gasteiger partial charge in [0.1, 0.15) is 23.7 Å². The number of aromatic nitrogens is 4. The number of nitrogens with one attached hydrogen (secondary N) is 1. The molecule has 38 heavy (non-hydrogen) atoms. The number of nitrogens with two attached hydrogens (primary N) is 1. The lowest BCUT2D eigenvalue weighted by Gasteiger charge is -2.34. The molecule has 0 radical (unpaired) electrons. The highest BCUT2D eigenvalue weighted by molar-refractivity contribution is 7.56. The molecular weight excluding hydrogens is 515 g/mol. The summed E-state index contributed by atoms with van der Waals surface area (Å²) in [4.78, 5) is 38.0. The van der Waals surface area contributed by atoms with E-state index in [2.05, 4.69) is 20.0 Å². The highest BCUT2D eigenvalue weighted by atomic mass is 31.2. The molecule has 2 heterocycles. The maximum absolute atomic E-state index is 14.2. The minimum absolute atomic E-state index is 0.266. The van der Waals surface area contributed by atoms with E-state index in [0.29, 0.717) is 30.6 Å². The molecule has 1 aliphatic rings. The van der Waals surface area contributed by atoms with Crippen LogP contribution in [0.1, 0.15) is 67.2 Å². The summed E-state index contributed by atoms with van der Waals surface area (Å²) < 4.78 is 38.4. The molecule has 1 fully saturated rings. The van der Waals surface area contributed by atoms with E-state index in [0.717, 1.165) is 12.8 Å². The average Bonchev–Trinajstić information content (AvgIpc) is 3.46. The summed E-state index contributed by atoms with van der Waals surface area (Å²) in [5.41, 5.74) is 5.67. The SMILES string of the molecule is CC(C)OC(=O)[C@H](C)O[P@@](=O)(CO[C@H](C)Cn1cnc2c(N)ncnc21)NC1(C(=O)OC(C)C)CCCC1. The number of hydrogen-bond donors (Lipinski definition) is 2. The molecule has 2 aromatic heterocycles. The van der Waals surface area contributed by atoms with Crippen molar-refractivity contribution < 1.29 is 32.9 Å². The van der Waals surface area contributed by atoms with Crippen LogP contribution < -0.4 is 10.8 Å². The largest absolute Gasteiger partial charge is 0.462 e. The van der Waals surface area contributed by atoms with Gasteiger partial charge in [-0.25, -0.2) is 24.8 Å². The summed E-state index contributed by atoms with van der Waals surface area (Å²) in [5, 5.41) is 2.97. The second-order valence-electron chi connectivity index (χ2n) is 10.2. The highest BCUT2D eigenvalue weighted by Gasteiger charge is 2.49. The van der Waals surface area contributed by atoms with Crippen molar-refractivity contribution in [3.05, 3.63) is 12.7 Å². The first kappa shape index (κ1) is 29.9. The van der Waals surface area contributed by atoms with Crippen molar-refractivity contribution in [1.29, 1.82) is 0 Å². The van der Waals surface area contributed by atoms with E-state index in [9.17, 15) is 14.2 Å². The predicted octanol–water partition coefficient (Wildman–Crippen LogP) is 3.17. The molecule has 3 N–H and O–H groups in total. The number of rotatable bonds is 13. The molecule has 212 valence electrons. The molecule has 14 heteroatoms. The first-order chi connectivity index (χ1) is 17.8. The van der Waals surface area contributed by atoms with Crippen LogP contribution in [-0.2, 0) is 39.4 Å². The Labute approximate surface area is 222 Å². The smallest absolute Gasteiger partial charge is 0.335 e. The van der Waals surface area contributed by atoms with Crippen molar-refractivity contribution in [3.8, 4) is 0 Å². The van der Waals surface area contributed by atoms with E-state index in [1.807, 2.05) is 0 Å². The number of nitrogen functional groups attached to an aromatic ring is 1.